The maximum absolute atomic E-state index is 13.4. The first-order valence-electron chi connectivity index (χ1n) is 9.75. The van der Waals surface area contributed by atoms with Gasteiger partial charge in [-0.25, -0.2) is 14.0 Å². The van der Waals surface area contributed by atoms with Gasteiger partial charge >= 0.3 is 12.1 Å². The second kappa shape index (κ2) is 8.47. The fraction of sp³-hybridized carbons (Fsp3) is 0.167. The quantitative estimate of drug-likeness (QED) is 0.558. The van der Waals surface area contributed by atoms with Crippen LogP contribution in [0.3, 0.4) is 0 Å². The highest BCUT2D eigenvalue weighted by Gasteiger charge is 2.30. The Morgan fingerprint density at radius 2 is 1.61 bits per heavy atom. The van der Waals surface area contributed by atoms with Crippen molar-refractivity contribution in [2.75, 3.05) is 6.61 Å². The molecule has 0 radical (unpaired) electrons. The second-order valence-corrected chi connectivity index (χ2v) is 7.34. The minimum Gasteiger partial charge on any atom is -0.508 e. The lowest BCUT2D eigenvalue weighted by atomic mass is 9.98. The van der Waals surface area contributed by atoms with Gasteiger partial charge in [-0.1, -0.05) is 48.5 Å². The maximum atomic E-state index is 13.4. The third-order valence-electron chi connectivity index (χ3n) is 5.40. The third kappa shape index (κ3) is 4.21. The first kappa shape index (κ1) is 20.4. The summed E-state index contributed by atoms with van der Waals surface area (Å²) in [6.07, 6.45) is -1.19. The molecular weight excluding hydrogens is 401 g/mol. The predicted octanol–water partition coefficient (Wildman–Crippen LogP) is 4.07. The molecule has 3 aromatic carbocycles. The van der Waals surface area contributed by atoms with Gasteiger partial charge in [-0.2, -0.15) is 0 Å². The molecule has 1 unspecified atom stereocenters. The van der Waals surface area contributed by atoms with Crippen molar-refractivity contribution >= 4 is 12.1 Å². The van der Waals surface area contributed by atoms with E-state index >= 15 is 0 Å². The van der Waals surface area contributed by atoms with Crippen LogP contribution in [-0.2, 0) is 16.0 Å². The predicted molar refractivity (Wildman–Crippen MR) is 111 cm³/mol. The van der Waals surface area contributed by atoms with Crippen molar-refractivity contribution in [1.29, 1.82) is 0 Å². The van der Waals surface area contributed by atoms with Crippen LogP contribution in [0.15, 0.2) is 66.7 Å². The molecule has 1 aliphatic rings. The van der Waals surface area contributed by atoms with Crippen molar-refractivity contribution in [2.24, 2.45) is 0 Å². The normalized spacial score (nSPS) is 13.2. The molecule has 6 nitrogen and oxygen atoms in total. The number of carbonyl (C=O) groups excluding carboxylic acids is 1. The van der Waals surface area contributed by atoms with Crippen LogP contribution < -0.4 is 5.32 Å². The van der Waals surface area contributed by atoms with Crippen LogP contribution in [-0.4, -0.2) is 34.9 Å². The first-order chi connectivity index (χ1) is 14.9. The number of phenols is 1. The minimum atomic E-state index is -1.39. The van der Waals surface area contributed by atoms with Crippen LogP contribution in [0.2, 0.25) is 0 Å². The topological polar surface area (TPSA) is 95.9 Å². The summed E-state index contributed by atoms with van der Waals surface area (Å²) in [5.41, 5.74) is 4.31. The number of alkyl carbamates (subject to hydrolysis) is 1. The molecular formula is C24H20FNO5. The number of phenolic OH excluding ortho intramolecular Hbond substituents is 1. The number of ether oxygens (including phenoxy) is 1. The molecule has 158 valence electrons. The molecule has 0 saturated carbocycles. The second-order valence-electron chi connectivity index (χ2n) is 7.34. The SMILES string of the molecule is O=C(NC(Cc1cc(F)ccc1O)C(=O)O)OCC1c2ccccc2-c2ccccc21. The summed E-state index contributed by atoms with van der Waals surface area (Å²) in [6, 6.07) is 17.6. The Labute approximate surface area is 177 Å². The number of hydrogen-bond donors (Lipinski definition) is 3. The Morgan fingerprint density at radius 1 is 1.00 bits per heavy atom. The molecule has 1 atom stereocenters. The van der Waals surface area contributed by atoms with Crippen molar-refractivity contribution < 1.29 is 28.9 Å². The van der Waals surface area contributed by atoms with E-state index in [9.17, 15) is 24.2 Å². The van der Waals surface area contributed by atoms with Crippen LogP contribution in [0.1, 0.15) is 22.6 Å². The number of rotatable bonds is 6. The van der Waals surface area contributed by atoms with Crippen LogP contribution in [0.4, 0.5) is 9.18 Å². The van der Waals surface area contributed by atoms with E-state index in [1.54, 1.807) is 0 Å². The summed E-state index contributed by atoms with van der Waals surface area (Å²) < 4.78 is 18.8. The molecule has 0 bridgehead atoms. The smallest absolute Gasteiger partial charge is 0.407 e. The van der Waals surface area contributed by atoms with Gasteiger partial charge in [0.05, 0.1) is 0 Å². The molecule has 1 amide bonds. The standard InChI is InChI=1S/C24H20FNO5/c25-15-9-10-22(27)14(11-15)12-21(23(28)29)26-24(30)31-13-20-18-7-3-1-5-16(18)17-6-2-4-8-19(17)20/h1-11,20-21,27H,12-13H2,(H,26,30)(H,28,29). The van der Waals surface area contributed by atoms with Crippen LogP contribution in [0, 0.1) is 5.82 Å². The largest absolute Gasteiger partial charge is 0.508 e. The van der Waals surface area contributed by atoms with Gasteiger partial charge in [0.25, 0.3) is 0 Å². The van der Waals surface area contributed by atoms with E-state index in [1.165, 1.54) is 0 Å². The van der Waals surface area contributed by atoms with Gasteiger partial charge in [0.1, 0.15) is 24.2 Å². The average Bonchev–Trinajstić information content (AvgIpc) is 3.08. The van der Waals surface area contributed by atoms with E-state index < -0.39 is 23.9 Å². The average molecular weight is 421 g/mol. The molecule has 0 aliphatic heterocycles. The summed E-state index contributed by atoms with van der Waals surface area (Å²) >= 11 is 0. The lowest BCUT2D eigenvalue weighted by Gasteiger charge is -2.18. The van der Waals surface area contributed by atoms with Gasteiger partial charge < -0.3 is 20.3 Å². The number of halogens is 1. The van der Waals surface area contributed by atoms with Crippen molar-refractivity contribution in [3.05, 3.63) is 89.2 Å². The Kier molecular flexibility index (Phi) is 5.58. The highest BCUT2D eigenvalue weighted by molar-refractivity contribution is 5.81. The van der Waals surface area contributed by atoms with E-state index in [0.29, 0.717) is 0 Å². The summed E-state index contributed by atoms with van der Waals surface area (Å²) in [6.45, 7) is 0.0391. The van der Waals surface area contributed by atoms with E-state index in [0.717, 1.165) is 40.5 Å². The Balaban J connectivity index is 1.45. The van der Waals surface area contributed by atoms with Gasteiger partial charge in [-0.15, -0.1) is 0 Å². The zero-order valence-corrected chi connectivity index (χ0v) is 16.4. The van der Waals surface area contributed by atoms with Crippen molar-refractivity contribution in [3.8, 4) is 16.9 Å². The molecule has 0 saturated heterocycles. The van der Waals surface area contributed by atoms with Gasteiger partial charge in [0, 0.05) is 12.3 Å². The number of nitrogens with one attached hydrogen (secondary N) is 1. The van der Waals surface area contributed by atoms with Gasteiger partial charge in [-0.3, -0.25) is 0 Å². The van der Waals surface area contributed by atoms with Gasteiger partial charge in [0.15, 0.2) is 0 Å². The van der Waals surface area contributed by atoms with Crippen molar-refractivity contribution in [3.63, 3.8) is 0 Å². The van der Waals surface area contributed by atoms with E-state index in [2.05, 4.69) is 5.32 Å². The minimum absolute atomic E-state index is 0.0391. The maximum Gasteiger partial charge on any atom is 0.407 e. The molecule has 0 spiro atoms. The van der Waals surface area contributed by atoms with E-state index in [4.69, 9.17) is 4.74 Å². The number of carbonyl (C=O) groups is 2. The lowest BCUT2D eigenvalue weighted by molar-refractivity contribution is -0.139. The highest BCUT2D eigenvalue weighted by atomic mass is 19.1. The molecule has 0 fully saturated rings. The highest BCUT2D eigenvalue weighted by Crippen LogP contribution is 2.44. The summed E-state index contributed by atoms with van der Waals surface area (Å²) in [5.74, 6) is -2.34. The lowest BCUT2D eigenvalue weighted by Crippen LogP contribution is -2.43. The number of carboxylic acids is 1. The van der Waals surface area contributed by atoms with Gasteiger partial charge in [0.2, 0.25) is 0 Å². The number of benzene rings is 3. The van der Waals surface area contributed by atoms with Crippen LogP contribution in [0.25, 0.3) is 11.1 Å². The number of amides is 1. The van der Waals surface area contributed by atoms with Crippen molar-refractivity contribution in [1.82, 2.24) is 5.32 Å². The van der Waals surface area contributed by atoms with Crippen molar-refractivity contribution in [2.45, 2.75) is 18.4 Å². The Morgan fingerprint density at radius 3 is 2.23 bits per heavy atom. The summed E-state index contributed by atoms with van der Waals surface area (Å²) in [7, 11) is 0. The molecule has 3 aromatic rings. The van der Waals surface area contributed by atoms with Crippen LogP contribution >= 0.6 is 0 Å². The molecule has 31 heavy (non-hydrogen) atoms. The van der Waals surface area contributed by atoms with Crippen LogP contribution in [0.5, 0.6) is 5.75 Å². The Hall–Kier alpha value is -3.87. The first-order valence-corrected chi connectivity index (χ1v) is 9.75. The zero-order chi connectivity index (χ0) is 22.0. The number of aliphatic carboxylic acids is 1. The fourth-order valence-corrected chi connectivity index (χ4v) is 3.92. The summed E-state index contributed by atoms with van der Waals surface area (Å²) in [5, 5.41) is 21.6. The zero-order valence-electron chi connectivity index (χ0n) is 16.4. The summed E-state index contributed by atoms with van der Waals surface area (Å²) in [4.78, 5) is 23.9. The Bertz CT molecular complexity index is 1100. The number of aromatic hydroxyl groups is 1. The van der Waals surface area contributed by atoms with Gasteiger partial charge in [-0.05, 0) is 46.0 Å². The van der Waals surface area contributed by atoms with E-state index in [1.807, 2.05) is 48.5 Å². The molecule has 7 heteroatoms. The molecule has 1 aliphatic carbocycles. The number of hydrogen-bond acceptors (Lipinski definition) is 4. The molecule has 4 rings (SSSR count). The fourth-order valence-electron chi connectivity index (χ4n) is 3.92. The van der Waals surface area contributed by atoms with E-state index in [-0.39, 0.29) is 30.3 Å². The number of carboxylic acid groups (broad SMARTS) is 1. The monoisotopic (exact) mass is 421 g/mol. The molecule has 0 aromatic heterocycles. The molecule has 3 N–H and O–H groups in total. The third-order valence-corrected chi connectivity index (χ3v) is 5.40. The number of fused-ring (bicyclic) bond motifs is 3. The molecule has 0 heterocycles.